The highest BCUT2D eigenvalue weighted by molar-refractivity contribution is 5.93. The van der Waals surface area contributed by atoms with Crippen LogP contribution >= 0.6 is 0 Å². The summed E-state index contributed by atoms with van der Waals surface area (Å²) < 4.78 is 1.89. The van der Waals surface area contributed by atoms with Gasteiger partial charge >= 0.3 is 0 Å². The standard InChI is InChI=1S/C19H20N6O/c1-25-17-5-3-2-4-16(17)18(24-25)14-6-8-15(9-7-14)23-19(26)20-10-13-11-21-22-12-13/h2-9,11-12,19-20,23,26H,10H2,1H3,(H,21,22). The van der Waals surface area contributed by atoms with E-state index in [-0.39, 0.29) is 0 Å². The molecule has 0 radical (unpaired) electrons. The molecule has 0 saturated heterocycles. The molecule has 0 amide bonds. The van der Waals surface area contributed by atoms with Crippen molar-refractivity contribution in [2.75, 3.05) is 5.32 Å². The van der Waals surface area contributed by atoms with Crippen molar-refractivity contribution in [3.8, 4) is 11.3 Å². The number of benzene rings is 2. The van der Waals surface area contributed by atoms with Gasteiger partial charge in [0.1, 0.15) is 5.69 Å². The largest absolute Gasteiger partial charge is 0.361 e. The molecule has 0 fully saturated rings. The zero-order valence-electron chi connectivity index (χ0n) is 14.3. The van der Waals surface area contributed by atoms with Gasteiger partial charge < -0.3 is 10.4 Å². The monoisotopic (exact) mass is 348 g/mol. The summed E-state index contributed by atoms with van der Waals surface area (Å²) in [5.41, 5.74) is 4.88. The van der Waals surface area contributed by atoms with Gasteiger partial charge in [0.25, 0.3) is 0 Å². The fraction of sp³-hybridized carbons (Fsp3) is 0.158. The van der Waals surface area contributed by atoms with E-state index in [1.165, 1.54) is 0 Å². The minimum Gasteiger partial charge on any atom is -0.361 e. The SMILES string of the molecule is Cn1nc(-c2ccc(NC(O)NCc3cn[nH]c3)cc2)c2ccccc21. The van der Waals surface area contributed by atoms with Gasteiger partial charge in [-0.1, -0.05) is 30.3 Å². The van der Waals surface area contributed by atoms with Crippen molar-refractivity contribution >= 4 is 16.6 Å². The minimum atomic E-state index is -0.855. The van der Waals surface area contributed by atoms with Gasteiger partial charge in [-0.3, -0.25) is 15.1 Å². The fourth-order valence-electron chi connectivity index (χ4n) is 2.95. The molecule has 7 nitrogen and oxygen atoms in total. The van der Waals surface area contributed by atoms with Crippen LogP contribution in [-0.2, 0) is 13.6 Å². The highest BCUT2D eigenvalue weighted by Crippen LogP contribution is 2.28. The summed E-state index contributed by atoms with van der Waals surface area (Å²) in [6.07, 6.45) is 2.64. The van der Waals surface area contributed by atoms with Crippen molar-refractivity contribution in [1.82, 2.24) is 25.3 Å². The Morgan fingerprint density at radius 2 is 1.96 bits per heavy atom. The maximum absolute atomic E-state index is 10.1. The normalized spacial score (nSPS) is 12.4. The second-order valence-electron chi connectivity index (χ2n) is 6.10. The number of aliphatic hydroxyl groups is 1. The molecular weight excluding hydrogens is 328 g/mol. The van der Waals surface area contributed by atoms with Gasteiger partial charge in [-0.05, 0) is 18.2 Å². The van der Waals surface area contributed by atoms with E-state index in [9.17, 15) is 5.11 Å². The van der Waals surface area contributed by atoms with E-state index in [4.69, 9.17) is 0 Å². The molecule has 0 spiro atoms. The molecule has 0 aliphatic carbocycles. The second-order valence-corrected chi connectivity index (χ2v) is 6.10. The number of hydrogen-bond acceptors (Lipinski definition) is 5. The second kappa shape index (κ2) is 6.99. The summed E-state index contributed by atoms with van der Waals surface area (Å²) in [6.45, 7) is 0.517. The maximum Gasteiger partial charge on any atom is 0.181 e. The molecule has 0 bridgehead atoms. The molecule has 1 atom stereocenters. The van der Waals surface area contributed by atoms with Crippen molar-refractivity contribution in [2.24, 2.45) is 7.05 Å². The predicted octanol–water partition coefficient (Wildman–Crippen LogP) is 2.44. The summed E-state index contributed by atoms with van der Waals surface area (Å²) in [6, 6.07) is 16.0. The highest BCUT2D eigenvalue weighted by Gasteiger charge is 2.10. The lowest BCUT2D eigenvalue weighted by atomic mass is 10.1. The van der Waals surface area contributed by atoms with Crippen molar-refractivity contribution in [3.63, 3.8) is 0 Å². The van der Waals surface area contributed by atoms with Crippen LogP contribution in [0.4, 0.5) is 5.69 Å². The first-order valence-electron chi connectivity index (χ1n) is 8.38. The quantitative estimate of drug-likeness (QED) is 0.402. The number of nitrogens with one attached hydrogen (secondary N) is 3. The van der Waals surface area contributed by atoms with Gasteiger partial charge in [-0.2, -0.15) is 10.2 Å². The number of rotatable bonds is 6. The number of H-pyrrole nitrogens is 1. The van der Waals surface area contributed by atoms with Crippen LogP contribution in [0.5, 0.6) is 0 Å². The lowest BCUT2D eigenvalue weighted by Gasteiger charge is -2.15. The van der Waals surface area contributed by atoms with Gasteiger partial charge in [-0.15, -0.1) is 0 Å². The van der Waals surface area contributed by atoms with E-state index in [1.807, 2.05) is 48.1 Å². The van der Waals surface area contributed by atoms with Crippen LogP contribution in [0.1, 0.15) is 5.56 Å². The van der Waals surface area contributed by atoms with E-state index < -0.39 is 6.35 Å². The molecule has 4 N–H and O–H groups in total. The molecule has 26 heavy (non-hydrogen) atoms. The number of hydrogen-bond donors (Lipinski definition) is 4. The van der Waals surface area contributed by atoms with Gasteiger partial charge in [0, 0.05) is 42.0 Å². The Balaban J connectivity index is 1.46. The Labute approximate surface area is 150 Å². The van der Waals surface area contributed by atoms with Gasteiger partial charge in [0.2, 0.25) is 0 Å². The van der Waals surface area contributed by atoms with Crippen molar-refractivity contribution in [1.29, 1.82) is 0 Å². The number of para-hydroxylation sites is 1. The van der Waals surface area contributed by atoms with Crippen LogP contribution in [0.25, 0.3) is 22.2 Å². The van der Waals surface area contributed by atoms with E-state index in [0.717, 1.165) is 33.4 Å². The van der Waals surface area contributed by atoms with Crippen LogP contribution in [-0.4, -0.2) is 31.4 Å². The summed E-state index contributed by atoms with van der Waals surface area (Å²) in [5, 5.41) is 28.4. The predicted molar refractivity (Wildman–Crippen MR) is 101 cm³/mol. The third-order valence-electron chi connectivity index (χ3n) is 4.27. The van der Waals surface area contributed by atoms with Crippen LogP contribution in [0.2, 0.25) is 0 Å². The van der Waals surface area contributed by atoms with E-state index in [1.54, 1.807) is 12.4 Å². The molecular formula is C19H20N6O. The van der Waals surface area contributed by atoms with E-state index in [0.29, 0.717) is 6.54 Å². The molecule has 2 aromatic heterocycles. The molecule has 7 heteroatoms. The first kappa shape index (κ1) is 16.3. The fourth-order valence-corrected chi connectivity index (χ4v) is 2.95. The average molecular weight is 348 g/mol. The number of aromatic amines is 1. The Morgan fingerprint density at radius 3 is 2.73 bits per heavy atom. The Morgan fingerprint density at radius 1 is 1.15 bits per heavy atom. The molecule has 2 aromatic carbocycles. The maximum atomic E-state index is 10.1. The number of aromatic nitrogens is 4. The smallest absolute Gasteiger partial charge is 0.181 e. The number of anilines is 1. The lowest BCUT2D eigenvalue weighted by Crippen LogP contribution is -2.35. The number of aryl methyl sites for hydroxylation is 1. The number of fused-ring (bicyclic) bond motifs is 1. The molecule has 0 aliphatic rings. The van der Waals surface area contributed by atoms with Crippen molar-refractivity contribution in [2.45, 2.75) is 12.9 Å². The molecule has 2 heterocycles. The third kappa shape index (κ3) is 3.30. The minimum absolute atomic E-state index is 0.517. The van der Waals surface area contributed by atoms with Crippen LogP contribution in [0.15, 0.2) is 60.9 Å². The van der Waals surface area contributed by atoms with Crippen LogP contribution < -0.4 is 10.6 Å². The number of nitrogens with zero attached hydrogens (tertiary/aromatic N) is 3. The van der Waals surface area contributed by atoms with E-state index in [2.05, 4.69) is 38.1 Å². The van der Waals surface area contributed by atoms with Gasteiger partial charge in [0.05, 0.1) is 11.7 Å². The Hall–Kier alpha value is -3.16. The molecule has 4 rings (SSSR count). The van der Waals surface area contributed by atoms with Crippen molar-refractivity contribution < 1.29 is 5.11 Å². The number of aliphatic hydroxyl groups excluding tert-OH is 1. The Bertz CT molecular complexity index is 991. The molecule has 1 unspecified atom stereocenters. The zero-order chi connectivity index (χ0) is 17.9. The summed E-state index contributed by atoms with van der Waals surface area (Å²) >= 11 is 0. The average Bonchev–Trinajstić information content (AvgIpc) is 3.29. The first-order valence-corrected chi connectivity index (χ1v) is 8.38. The summed E-state index contributed by atoms with van der Waals surface area (Å²) in [7, 11) is 1.95. The topological polar surface area (TPSA) is 90.8 Å². The van der Waals surface area contributed by atoms with Gasteiger partial charge in [-0.25, -0.2) is 0 Å². The van der Waals surface area contributed by atoms with E-state index >= 15 is 0 Å². The van der Waals surface area contributed by atoms with Crippen LogP contribution in [0.3, 0.4) is 0 Å². The molecule has 0 aliphatic heterocycles. The first-order chi connectivity index (χ1) is 12.7. The summed E-state index contributed by atoms with van der Waals surface area (Å²) in [4.78, 5) is 0. The zero-order valence-corrected chi connectivity index (χ0v) is 14.3. The summed E-state index contributed by atoms with van der Waals surface area (Å²) in [5.74, 6) is 0. The van der Waals surface area contributed by atoms with Crippen molar-refractivity contribution in [3.05, 3.63) is 66.5 Å². The van der Waals surface area contributed by atoms with Gasteiger partial charge in [0.15, 0.2) is 6.35 Å². The van der Waals surface area contributed by atoms with Crippen LogP contribution in [0, 0.1) is 0 Å². The lowest BCUT2D eigenvalue weighted by molar-refractivity contribution is 0.163. The third-order valence-corrected chi connectivity index (χ3v) is 4.27. The molecule has 0 saturated carbocycles. The Kier molecular flexibility index (Phi) is 4.39. The highest BCUT2D eigenvalue weighted by atomic mass is 16.3. The molecule has 4 aromatic rings. The molecule has 132 valence electrons.